The molecule has 1 spiro atoms. The Morgan fingerprint density at radius 3 is 1.25 bits per heavy atom. The summed E-state index contributed by atoms with van der Waals surface area (Å²) in [7, 11) is 0. The number of carbonyl (C=O) groups excluding carboxylic acids is 1. The summed E-state index contributed by atoms with van der Waals surface area (Å²) in [5.41, 5.74) is 8.54. The first-order valence-corrected chi connectivity index (χ1v) is 23.1. The first kappa shape index (κ1) is 37.1. The maximum absolute atomic E-state index is 15.0. The number of ether oxygens (including phenoxy) is 1. The predicted octanol–water partition coefficient (Wildman–Crippen LogP) is 10.9. The second kappa shape index (κ2) is 13.7. The van der Waals surface area contributed by atoms with Gasteiger partial charge in [-0.05, 0) is 135 Å². The molecule has 0 amide bonds. The smallest absolute Gasteiger partial charge is 0.339 e. The van der Waals surface area contributed by atoms with Gasteiger partial charge in [-0.25, -0.2) is 4.79 Å². The molecule has 0 bridgehead atoms. The molecule has 2 radical (unpaired) electrons. The Morgan fingerprint density at radius 2 is 0.883 bits per heavy atom. The number of fused-ring (bicyclic) bond motifs is 1. The Bertz CT molecular complexity index is 2380. The van der Waals surface area contributed by atoms with Crippen LogP contribution in [-0.2, 0) is 21.2 Å². The van der Waals surface area contributed by atoms with Crippen molar-refractivity contribution in [1.82, 2.24) is 0 Å². The highest BCUT2D eigenvalue weighted by molar-refractivity contribution is 6.44. The van der Waals surface area contributed by atoms with Gasteiger partial charge in [-0.2, -0.15) is 0 Å². The lowest BCUT2D eigenvalue weighted by molar-refractivity contribution is 0.0212. The molecule has 8 heteroatoms. The van der Waals surface area contributed by atoms with Gasteiger partial charge in [0.05, 0.1) is 26.4 Å². The number of esters is 1. The van der Waals surface area contributed by atoms with Crippen LogP contribution in [0.3, 0.4) is 0 Å². The van der Waals surface area contributed by atoms with Gasteiger partial charge in [-0.1, -0.05) is 71.7 Å². The summed E-state index contributed by atoms with van der Waals surface area (Å²) in [5, 5.41) is 0.785. The lowest BCUT2D eigenvalue weighted by atomic mass is 9.67. The number of hydrogen-bond donors (Lipinski definition) is 0. The normalized spacial score (nSPS) is 23.6. The number of hydrogen-bond acceptors (Lipinski definition) is 6. The predicted molar refractivity (Wildman–Crippen MR) is 243 cm³/mol. The highest BCUT2D eigenvalue weighted by atomic mass is 35.5. The zero-order chi connectivity index (χ0) is 40.4. The van der Waals surface area contributed by atoms with Gasteiger partial charge in [0, 0.05) is 92.2 Å². The third-order valence-corrected chi connectivity index (χ3v) is 16.3. The fourth-order valence-corrected chi connectivity index (χ4v) is 13.1. The number of benzene rings is 5. The first-order chi connectivity index (χ1) is 29.4. The van der Waals surface area contributed by atoms with E-state index in [0.717, 1.165) is 85.7 Å². The first-order valence-electron chi connectivity index (χ1n) is 22.4. The van der Waals surface area contributed by atoms with E-state index in [1.807, 2.05) is 0 Å². The fourth-order valence-electron chi connectivity index (χ4n) is 12.5. The number of anilines is 4. The molecular formula is C52H50Cl2N4O2. The maximum Gasteiger partial charge on any atom is 0.339 e. The van der Waals surface area contributed by atoms with Crippen LogP contribution in [0.2, 0.25) is 10.0 Å². The summed E-state index contributed by atoms with van der Waals surface area (Å²) in [6.45, 7) is 16.4. The van der Waals surface area contributed by atoms with Crippen LogP contribution in [0.25, 0.3) is 0 Å². The monoisotopic (exact) mass is 832 g/mol. The van der Waals surface area contributed by atoms with E-state index in [1.165, 1.54) is 74.1 Å². The minimum atomic E-state index is -1.32. The fraction of sp³-hybridized carbons (Fsp3) is 0.385. The molecule has 60 heavy (non-hydrogen) atoms. The van der Waals surface area contributed by atoms with E-state index < -0.39 is 16.4 Å². The zero-order valence-electron chi connectivity index (χ0n) is 34.1. The van der Waals surface area contributed by atoms with E-state index in [0.29, 0.717) is 21.2 Å². The summed E-state index contributed by atoms with van der Waals surface area (Å²) in [6, 6.07) is 35.1. The summed E-state index contributed by atoms with van der Waals surface area (Å²) in [5.74, 6) is -0.574. The van der Waals surface area contributed by atoms with Gasteiger partial charge >= 0.3 is 5.97 Å². The Balaban J connectivity index is 1.03. The second-order valence-electron chi connectivity index (χ2n) is 18.3. The van der Waals surface area contributed by atoms with Crippen LogP contribution < -0.4 is 19.6 Å². The van der Waals surface area contributed by atoms with E-state index in [-0.39, 0.29) is 11.9 Å². The highest BCUT2D eigenvalue weighted by Gasteiger charge is 2.91. The van der Waals surface area contributed by atoms with Crippen molar-refractivity contribution in [3.63, 3.8) is 0 Å². The molecule has 5 aromatic carbocycles. The molecule has 2 unspecified atom stereocenters. The van der Waals surface area contributed by atoms with Crippen molar-refractivity contribution in [2.24, 2.45) is 0 Å². The zero-order valence-corrected chi connectivity index (χ0v) is 35.6. The Morgan fingerprint density at radius 1 is 0.533 bits per heavy atom. The third-order valence-electron chi connectivity index (χ3n) is 15.4. The van der Waals surface area contributed by atoms with E-state index in [4.69, 9.17) is 34.9 Å². The summed E-state index contributed by atoms with van der Waals surface area (Å²) < 4.78 is 6.90. The number of halogens is 2. The summed E-state index contributed by atoms with van der Waals surface area (Å²) >= 11 is 15.3. The van der Waals surface area contributed by atoms with Crippen molar-refractivity contribution >= 4 is 51.9 Å². The molecule has 5 aliphatic heterocycles. The molecule has 5 heterocycles. The Kier molecular flexibility index (Phi) is 8.47. The van der Waals surface area contributed by atoms with Crippen LogP contribution in [0.1, 0.15) is 107 Å². The SMILES string of the molecule is [CH]C(c1ccc(N2CCCC2)cc1)(c1ccc(N2CCCC2)cc1)c1c(Cl)c(Cl)c2c3c1C(=O)OC31C2C1(c1ccc(N2CCCC2)cc1)c1ccc(N2CCCC2)cc1. The summed E-state index contributed by atoms with van der Waals surface area (Å²) in [6.07, 6.45) is 9.61. The van der Waals surface area contributed by atoms with Gasteiger partial charge < -0.3 is 24.3 Å². The molecule has 5 fully saturated rings. The van der Waals surface area contributed by atoms with Gasteiger partial charge in [0.15, 0.2) is 5.60 Å². The van der Waals surface area contributed by atoms with Gasteiger partial charge in [0.1, 0.15) is 0 Å². The highest BCUT2D eigenvalue weighted by Crippen LogP contribution is 2.89. The number of rotatable bonds is 9. The van der Waals surface area contributed by atoms with E-state index in [1.54, 1.807) is 0 Å². The van der Waals surface area contributed by atoms with Crippen molar-refractivity contribution in [3.05, 3.63) is 159 Å². The van der Waals surface area contributed by atoms with Crippen molar-refractivity contribution < 1.29 is 9.53 Å². The topological polar surface area (TPSA) is 39.3 Å². The van der Waals surface area contributed by atoms with Crippen LogP contribution in [0, 0.1) is 6.92 Å². The molecule has 5 aromatic rings. The molecular weight excluding hydrogens is 784 g/mol. The minimum absolute atomic E-state index is 0.189. The van der Waals surface area contributed by atoms with E-state index in [2.05, 4.69) is 117 Å². The van der Waals surface area contributed by atoms with Crippen LogP contribution in [0.15, 0.2) is 97.1 Å². The van der Waals surface area contributed by atoms with Gasteiger partial charge in [-0.15, -0.1) is 0 Å². The third kappa shape index (κ3) is 4.98. The van der Waals surface area contributed by atoms with E-state index >= 15 is 0 Å². The second-order valence-corrected chi connectivity index (χ2v) is 19.1. The lowest BCUT2D eigenvalue weighted by Crippen LogP contribution is -2.31. The van der Waals surface area contributed by atoms with E-state index in [9.17, 15) is 4.79 Å². The standard InChI is InChI=1S/C52H50Cl2N4O2/c1-50(34-10-18-38(19-11-34)55-26-2-3-27-55,35-12-20-39(21-13-35)56-28-4-5-29-56)45-42-44-43(46(53)47(45)54)48-51(52(44,48)60-49(42)59,36-14-22-40(23-15-36)57-30-6-7-31-57)37-16-24-41(25-17-37)58-32-8-9-33-58/h1,10-25,48H,2-9,26-33H2. The van der Waals surface area contributed by atoms with Crippen LogP contribution in [0.4, 0.5) is 22.7 Å². The van der Waals surface area contributed by atoms with Crippen molar-refractivity contribution in [3.8, 4) is 0 Å². The Hall–Kier alpha value is -4.65. The number of carbonyl (C=O) groups is 1. The largest absolute Gasteiger partial charge is 0.448 e. The molecule has 304 valence electrons. The molecule has 6 nitrogen and oxygen atoms in total. The van der Waals surface area contributed by atoms with Crippen LogP contribution >= 0.6 is 23.2 Å². The van der Waals surface area contributed by atoms with Gasteiger partial charge in [-0.3, -0.25) is 0 Å². The van der Waals surface area contributed by atoms with Crippen molar-refractivity contribution in [1.29, 1.82) is 0 Å². The Labute approximate surface area is 364 Å². The van der Waals surface area contributed by atoms with Gasteiger partial charge in [0.2, 0.25) is 0 Å². The molecule has 0 N–H and O–H groups in total. The van der Waals surface area contributed by atoms with Crippen molar-refractivity contribution in [2.45, 2.75) is 73.7 Å². The average molecular weight is 834 g/mol. The maximum atomic E-state index is 15.0. The lowest BCUT2D eigenvalue weighted by Gasteiger charge is -2.36. The minimum Gasteiger partial charge on any atom is -0.448 e. The van der Waals surface area contributed by atoms with Crippen molar-refractivity contribution in [2.75, 3.05) is 72.0 Å². The molecule has 0 aromatic heterocycles. The molecule has 7 aliphatic rings. The average Bonchev–Trinajstić information content (AvgIpc) is 4.11. The summed E-state index contributed by atoms with van der Waals surface area (Å²) in [4.78, 5) is 24.8. The molecule has 12 rings (SSSR count). The number of nitrogens with zero attached hydrogens (tertiary/aromatic N) is 4. The molecule has 2 aliphatic carbocycles. The van der Waals surface area contributed by atoms with Gasteiger partial charge in [0.25, 0.3) is 0 Å². The molecule has 1 saturated carbocycles. The van der Waals surface area contributed by atoms with Crippen LogP contribution in [0.5, 0.6) is 0 Å². The van der Waals surface area contributed by atoms with Crippen LogP contribution in [-0.4, -0.2) is 58.3 Å². The quantitative estimate of drug-likeness (QED) is 0.109. The molecule has 4 saturated heterocycles. The molecule has 2 atom stereocenters.